The molecule has 1 fully saturated rings. The zero-order valence-corrected chi connectivity index (χ0v) is 17.2. The molecule has 146 valence electrons. The van der Waals surface area contributed by atoms with Crippen molar-refractivity contribution in [1.82, 2.24) is 24.2 Å². The van der Waals surface area contributed by atoms with Crippen LogP contribution in [0.5, 0.6) is 5.88 Å². The molecule has 0 amide bonds. The van der Waals surface area contributed by atoms with E-state index in [1.54, 1.807) is 11.6 Å². The van der Waals surface area contributed by atoms with Crippen molar-refractivity contribution in [2.45, 2.75) is 33.1 Å². The molecule has 4 rings (SSSR count). The van der Waals surface area contributed by atoms with Gasteiger partial charge in [0.05, 0.1) is 12.8 Å². The third-order valence-corrected chi connectivity index (χ3v) is 5.81. The predicted octanol–water partition coefficient (Wildman–Crippen LogP) is 2.66. The molecule has 28 heavy (non-hydrogen) atoms. The molecule has 3 aromatic heterocycles. The van der Waals surface area contributed by atoms with E-state index in [4.69, 9.17) is 10.5 Å². The smallest absolute Gasteiger partial charge is 0.225 e. The molecule has 0 spiro atoms. The van der Waals surface area contributed by atoms with E-state index in [2.05, 4.69) is 24.7 Å². The highest BCUT2D eigenvalue weighted by atomic mass is 32.1. The van der Waals surface area contributed by atoms with Gasteiger partial charge >= 0.3 is 0 Å². The Morgan fingerprint density at radius 3 is 2.93 bits per heavy atom. The summed E-state index contributed by atoms with van der Waals surface area (Å²) in [4.78, 5) is 5.85. The number of fused-ring (bicyclic) bond motifs is 1. The minimum atomic E-state index is 0.300. The van der Waals surface area contributed by atoms with Crippen molar-refractivity contribution in [3.05, 3.63) is 45.9 Å². The van der Waals surface area contributed by atoms with E-state index in [1.807, 2.05) is 39.0 Å². The van der Waals surface area contributed by atoms with Gasteiger partial charge in [0.2, 0.25) is 5.88 Å². The lowest BCUT2D eigenvalue weighted by molar-refractivity contribution is 0.402. The number of hydrogen-bond donors (Lipinski definition) is 1. The molecule has 3 heterocycles. The minimum absolute atomic E-state index is 0.300. The van der Waals surface area contributed by atoms with Crippen LogP contribution in [-0.4, -0.2) is 43.6 Å². The van der Waals surface area contributed by atoms with Crippen LogP contribution in [0.1, 0.15) is 41.2 Å². The zero-order chi connectivity index (χ0) is 19.8. The first-order valence-corrected chi connectivity index (χ1v) is 10.0. The van der Waals surface area contributed by atoms with Crippen molar-refractivity contribution in [3.8, 4) is 5.88 Å². The summed E-state index contributed by atoms with van der Waals surface area (Å²) >= 11 is 1.48. The van der Waals surface area contributed by atoms with Crippen molar-refractivity contribution in [2.75, 3.05) is 13.7 Å². The minimum Gasteiger partial charge on any atom is -0.480 e. The Balaban J connectivity index is 1.62. The molecule has 0 saturated heterocycles. The van der Waals surface area contributed by atoms with Crippen LogP contribution in [0.25, 0.3) is 5.65 Å². The van der Waals surface area contributed by atoms with Gasteiger partial charge in [-0.3, -0.25) is 4.99 Å². The van der Waals surface area contributed by atoms with Gasteiger partial charge in [0.1, 0.15) is 5.69 Å². The van der Waals surface area contributed by atoms with Gasteiger partial charge in [0.25, 0.3) is 0 Å². The van der Waals surface area contributed by atoms with Gasteiger partial charge in [-0.15, -0.1) is 10.2 Å². The molecule has 2 unspecified atom stereocenters. The fraction of sp³-hybridized carbons (Fsp3) is 0.421. The summed E-state index contributed by atoms with van der Waals surface area (Å²) in [6.45, 7) is 6.54. The maximum atomic E-state index is 6.45. The van der Waals surface area contributed by atoms with Crippen LogP contribution in [-0.2, 0) is 0 Å². The lowest BCUT2D eigenvalue weighted by atomic mass is 10.1. The highest BCUT2D eigenvalue weighted by molar-refractivity contribution is 7.06. The van der Waals surface area contributed by atoms with Gasteiger partial charge in [0, 0.05) is 35.0 Å². The number of ether oxygens (including phenoxy) is 1. The van der Waals surface area contributed by atoms with E-state index in [1.165, 1.54) is 16.4 Å². The normalized spacial score (nSPS) is 20.0. The maximum Gasteiger partial charge on any atom is 0.225 e. The molecular formula is C19H23N7OS. The summed E-state index contributed by atoms with van der Waals surface area (Å²) < 4.78 is 11.2. The molecule has 0 aromatic carbocycles. The molecule has 8 nitrogen and oxygen atoms in total. The van der Waals surface area contributed by atoms with Gasteiger partial charge in [-0.1, -0.05) is 0 Å². The number of nitrogens with zero attached hydrogens (tertiary/aromatic N) is 6. The van der Waals surface area contributed by atoms with Crippen molar-refractivity contribution in [1.29, 1.82) is 0 Å². The number of aliphatic imine (C=N–C) groups is 1. The maximum absolute atomic E-state index is 6.45. The highest BCUT2D eigenvalue weighted by Crippen LogP contribution is 2.52. The second-order valence-electron chi connectivity index (χ2n) is 6.92. The number of allylic oxidation sites excluding steroid dienone is 2. The Bertz CT molecular complexity index is 1080. The van der Waals surface area contributed by atoms with Crippen molar-refractivity contribution in [3.63, 3.8) is 0 Å². The van der Waals surface area contributed by atoms with Crippen LogP contribution < -0.4 is 10.5 Å². The molecule has 0 aliphatic heterocycles. The van der Waals surface area contributed by atoms with Crippen molar-refractivity contribution < 1.29 is 4.74 Å². The summed E-state index contributed by atoms with van der Waals surface area (Å²) in [5, 5.41) is 13.0. The van der Waals surface area contributed by atoms with Crippen LogP contribution in [0.2, 0.25) is 0 Å². The lowest BCUT2D eigenvalue weighted by Crippen LogP contribution is -2.11. The summed E-state index contributed by atoms with van der Waals surface area (Å²) in [6.07, 6.45) is 2.98. The number of rotatable bonds is 6. The van der Waals surface area contributed by atoms with Gasteiger partial charge in [-0.05, 0) is 56.4 Å². The van der Waals surface area contributed by atoms with Crippen LogP contribution in [0.4, 0.5) is 0 Å². The fourth-order valence-electron chi connectivity index (χ4n) is 3.31. The first-order chi connectivity index (χ1) is 13.5. The van der Waals surface area contributed by atoms with E-state index in [0.29, 0.717) is 24.3 Å². The molecule has 9 heteroatoms. The molecule has 0 radical (unpaired) electrons. The summed E-state index contributed by atoms with van der Waals surface area (Å²) in [6, 6.07) is 3.98. The number of methoxy groups -OCH3 is 1. The fourth-order valence-corrected chi connectivity index (χ4v) is 4.18. The largest absolute Gasteiger partial charge is 0.480 e. The van der Waals surface area contributed by atoms with Crippen molar-refractivity contribution in [2.24, 2.45) is 16.6 Å². The summed E-state index contributed by atoms with van der Waals surface area (Å²) in [5.41, 5.74) is 10.6. The third-order valence-electron chi connectivity index (χ3n) is 4.90. The number of nitrogens with two attached hydrogens (primary N) is 1. The van der Waals surface area contributed by atoms with E-state index >= 15 is 0 Å². The SMILES string of the molecule is CCN=C(/C=C(\N)C1CC1c1cc(OC)ns1)c1cc(C)c2nnc(C)n2n1. The number of aromatic nitrogens is 5. The second-order valence-corrected chi connectivity index (χ2v) is 7.76. The molecule has 1 aliphatic rings. The van der Waals surface area contributed by atoms with Crippen molar-refractivity contribution >= 4 is 22.9 Å². The first-order valence-electron chi connectivity index (χ1n) is 9.24. The first kappa shape index (κ1) is 18.5. The van der Waals surface area contributed by atoms with Gasteiger partial charge < -0.3 is 10.5 Å². The molecule has 3 aromatic rings. The highest BCUT2D eigenvalue weighted by Gasteiger charge is 2.41. The van der Waals surface area contributed by atoms with E-state index < -0.39 is 0 Å². The number of hydrogen-bond acceptors (Lipinski definition) is 8. The Kier molecular flexibility index (Phi) is 4.84. The molecule has 2 N–H and O–H groups in total. The van der Waals surface area contributed by atoms with Gasteiger partial charge in [-0.2, -0.15) is 14.0 Å². The number of aryl methyl sites for hydroxylation is 2. The quantitative estimate of drug-likeness (QED) is 0.641. The molecule has 2 atom stereocenters. The predicted molar refractivity (Wildman–Crippen MR) is 109 cm³/mol. The molecule has 0 bridgehead atoms. The zero-order valence-electron chi connectivity index (χ0n) is 16.4. The Hall–Kier alpha value is -2.81. The van der Waals surface area contributed by atoms with Gasteiger partial charge in [0.15, 0.2) is 11.5 Å². The standard InChI is InChI=1S/C19H23N7OS/c1-5-21-15(16-6-10(2)19-23-22-11(3)26(19)24-16)8-14(20)12-7-13(12)17-9-18(27-4)25-28-17/h6,8-9,12-13H,5,7,20H2,1-4H3/b14-8-,21-15?. The van der Waals surface area contributed by atoms with E-state index in [-0.39, 0.29) is 0 Å². The molecule has 1 aliphatic carbocycles. The Morgan fingerprint density at radius 1 is 1.39 bits per heavy atom. The molecule has 1 saturated carbocycles. The van der Waals surface area contributed by atoms with Crippen LogP contribution in [0.3, 0.4) is 0 Å². The monoisotopic (exact) mass is 397 g/mol. The van der Waals surface area contributed by atoms with Crippen LogP contribution >= 0.6 is 11.5 Å². The average Bonchev–Trinajstić information content (AvgIpc) is 3.18. The third kappa shape index (κ3) is 3.37. The molecular weight excluding hydrogens is 374 g/mol. The summed E-state index contributed by atoms with van der Waals surface area (Å²) in [5.74, 6) is 2.11. The van der Waals surface area contributed by atoms with E-state index in [0.717, 1.165) is 40.6 Å². The Labute approximate surface area is 167 Å². The lowest BCUT2D eigenvalue weighted by Gasteiger charge is -2.07. The Morgan fingerprint density at radius 2 is 2.21 bits per heavy atom. The average molecular weight is 398 g/mol. The van der Waals surface area contributed by atoms with Crippen LogP contribution in [0.15, 0.2) is 28.9 Å². The topological polar surface area (TPSA) is 104 Å². The second kappa shape index (κ2) is 7.31. The van der Waals surface area contributed by atoms with Gasteiger partial charge in [-0.25, -0.2) is 0 Å². The van der Waals surface area contributed by atoms with E-state index in [9.17, 15) is 0 Å². The van der Waals surface area contributed by atoms with Crippen LogP contribution in [0, 0.1) is 19.8 Å². The summed E-state index contributed by atoms with van der Waals surface area (Å²) in [7, 11) is 1.63.